The van der Waals surface area contributed by atoms with Crippen LogP contribution in [0.2, 0.25) is 5.02 Å². The fourth-order valence-corrected chi connectivity index (χ4v) is 3.55. The van der Waals surface area contributed by atoms with E-state index in [4.69, 9.17) is 11.6 Å². The summed E-state index contributed by atoms with van der Waals surface area (Å²) in [5.74, 6) is 1.07. The molecule has 1 aliphatic heterocycles. The maximum absolute atomic E-state index is 12.8. The Balaban J connectivity index is 1.55. The van der Waals surface area contributed by atoms with Crippen molar-refractivity contribution in [3.63, 3.8) is 0 Å². The quantitative estimate of drug-likeness (QED) is 0.740. The zero-order chi connectivity index (χ0) is 17.4. The van der Waals surface area contributed by atoms with E-state index in [0.717, 1.165) is 18.7 Å². The molecule has 6 nitrogen and oxygen atoms in total. The van der Waals surface area contributed by atoms with Gasteiger partial charge in [-0.3, -0.25) is 9.59 Å². The predicted octanol–water partition coefficient (Wildman–Crippen LogP) is 2.92. The third-order valence-electron chi connectivity index (χ3n) is 4.76. The van der Waals surface area contributed by atoms with Crippen LogP contribution in [-0.4, -0.2) is 38.8 Å². The van der Waals surface area contributed by atoms with Crippen LogP contribution in [-0.2, 0) is 0 Å². The SMILES string of the molecule is O=C(c1c[nH]c2cc(Cl)ccc2c1=O)N1CCC(c2ncc[nH]2)CC1. The summed E-state index contributed by atoms with van der Waals surface area (Å²) in [6.45, 7) is 1.23. The van der Waals surface area contributed by atoms with Crippen molar-refractivity contribution in [2.45, 2.75) is 18.8 Å². The van der Waals surface area contributed by atoms with Crippen molar-refractivity contribution in [2.24, 2.45) is 0 Å². The molecule has 2 aromatic heterocycles. The molecule has 0 saturated carbocycles. The number of aromatic amines is 2. The number of nitrogens with one attached hydrogen (secondary N) is 2. The highest BCUT2D eigenvalue weighted by molar-refractivity contribution is 6.31. The molecule has 0 atom stereocenters. The number of imidazole rings is 1. The summed E-state index contributed by atoms with van der Waals surface area (Å²) in [6, 6.07) is 4.99. The smallest absolute Gasteiger partial charge is 0.259 e. The lowest BCUT2D eigenvalue weighted by Crippen LogP contribution is -2.40. The molecule has 128 valence electrons. The van der Waals surface area contributed by atoms with Crippen molar-refractivity contribution < 1.29 is 4.79 Å². The minimum atomic E-state index is -0.261. The van der Waals surface area contributed by atoms with Crippen LogP contribution in [0.25, 0.3) is 10.9 Å². The highest BCUT2D eigenvalue weighted by Crippen LogP contribution is 2.26. The molecule has 1 aliphatic rings. The lowest BCUT2D eigenvalue weighted by molar-refractivity contribution is 0.0710. The molecule has 0 unspecified atom stereocenters. The molecule has 7 heteroatoms. The first kappa shape index (κ1) is 15.9. The average Bonchev–Trinajstić information content (AvgIpc) is 3.16. The molecular formula is C18H17ClN4O2. The second-order valence-electron chi connectivity index (χ2n) is 6.26. The molecule has 3 aromatic rings. The molecule has 25 heavy (non-hydrogen) atoms. The van der Waals surface area contributed by atoms with E-state index in [0.29, 0.717) is 34.9 Å². The normalized spacial score (nSPS) is 15.6. The monoisotopic (exact) mass is 356 g/mol. The molecule has 1 aromatic carbocycles. The first-order valence-electron chi connectivity index (χ1n) is 8.23. The van der Waals surface area contributed by atoms with Crippen LogP contribution in [0.4, 0.5) is 0 Å². The van der Waals surface area contributed by atoms with Crippen LogP contribution in [0.5, 0.6) is 0 Å². The lowest BCUT2D eigenvalue weighted by atomic mass is 9.95. The summed E-state index contributed by atoms with van der Waals surface area (Å²) in [5, 5.41) is 1.02. The van der Waals surface area contributed by atoms with Gasteiger partial charge >= 0.3 is 0 Å². The number of aromatic nitrogens is 3. The average molecular weight is 357 g/mol. The minimum absolute atomic E-state index is 0.172. The number of carbonyl (C=O) groups excluding carboxylic acids is 1. The van der Waals surface area contributed by atoms with Crippen molar-refractivity contribution >= 4 is 28.4 Å². The van der Waals surface area contributed by atoms with Crippen LogP contribution >= 0.6 is 11.6 Å². The Bertz CT molecular complexity index is 972. The van der Waals surface area contributed by atoms with Gasteiger partial charge in [0.25, 0.3) is 5.91 Å². The molecule has 4 rings (SSSR count). The van der Waals surface area contributed by atoms with Gasteiger partial charge in [-0.2, -0.15) is 0 Å². The number of fused-ring (bicyclic) bond motifs is 1. The van der Waals surface area contributed by atoms with Gasteiger partial charge in [-0.1, -0.05) is 11.6 Å². The van der Waals surface area contributed by atoms with Gasteiger partial charge in [0.2, 0.25) is 5.43 Å². The Labute approximate surface area is 148 Å². The number of nitrogens with zero attached hydrogens (tertiary/aromatic N) is 2. The Hall–Kier alpha value is -2.60. The molecule has 3 heterocycles. The third kappa shape index (κ3) is 2.93. The van der Waals surface area contributed by atoms with Gasteiger partial charge in [-0.05, 0) is 31.0 Å². The number of rotatable bonds is 2. The van der Waals surface area contributed by atoms with E-state index in [1.165, 1.54) is 6.20 Å². The van der Waals surface area contributed by atoms with E-state index in [1.54, 1.807) is 29.3 Å². The number of halogens is 1. The standard InChI is InChI=1S/C18H17ClN4O2/c19-12-1-2-13-15(9-12)22-10-14(16(13)24)18(25)23-7-3-11(4-8-23)17-20-5-6-21-17/h1-2,5-6,9-11H,3-4,7-8H2,(H,20,21)(H,22,24). The summed E-state index contributed by atoms with van der Waals surface area (Å²) >= 11 is 5.95. The van der Waals surface area contributed by atoms with Gasteiger partial charge in [0.05, 0.1) is 5.52 Å². The van der Waals surface area contributed by atoms with E-state index >= 15 is 0 Å². The molecule has 0 aliphatic carbocycles. The van der Waals surface area contributed by atoms with Crippen molar-refractivity contribution in [3.8, 4) is 0 Å². The Morgan fingerprint density at radius 2 is 2.04 bits per heavy atom. The molecule has 0 bridgehead atoms. The number of likely N-dealkylation sites (tertiary alicyclic amines) is 1. The highest BCUT2D eigenvalue weighted by atomic mass is 35.5. The maximum atomic E-state index is 12.8. The molecule has 0 spiro atoms. The molecule has 0 radical (unpaired) electrons. The molecule has 1 fully saturated rings. The van der Waals surface area contributed by atoms with E-state index in [1.807, 2.05) is 6.20 Å². The number of piperidine rings is 1. The van der Waals surface area contributed by atoms with Crippen molar-refractivity contribution in [2.75, 3.05) is 13.1 Å². The van der Waals surface area contributed by atoms with Gasteiger partial charge in [0, 0.05) is 48.0 Å². The zero-order valence-electron chi connectivity index (χ0n) is 13.5. The molecule has 1 saturated heterocycles. The summed E-state index contributed by atoms with van der Waals surface area (Å²) in [6.07, 6.45) is 6.71. The Morgan fingerprint density at radius 3 is 2.76 bits per heavy atom. The van der Waals surface area contributed by atoms with Crippen LogP contribution in [0, 0.1) is 0 Å². The van der Waals surface area contributed by atoms with E-state index in [9.17, 15) is 9.59 Å². The highest BCUT2D eigenvalue weighted by Gasteiger charge is 2.27. The largest absolute Gasteiger partial charge is 0.360 e. The second-order valence-corrected chi connectivity index (χ2v) is 6.70. The van der Waals surface area contributed by atoms with Crippen LogP contribution < -0.4 is 5.43 Å². The first-order valence-corrected chi connectivity index (χ1v) is 8.61. The van der Waals surface area contributed by atoms with Gasteiger partial charge in [-0.25, -0.2) is 4.98 Å². The summed E-state index contributed by atoms with van der Waals surface area (Å²) in [4.78, 5) is 37.6. The fourth-order valence-electron chi connectivity index (χ4n) is 3.38. The zero-order valence-corrected chi connectivity index (χ0v) is 14.2. The van der Waals surface area contributed by atoms with Gasteiger partial charge in [0.1, 0.15) is 11.4 Å². The van der Waals surface area contributed by atoms with Crippen molar-refractivity contribution in [1.82, 2.24) is 19.9 Å². The van der Waals surface area contributed by atoms with Crippen LogP contribution in [0.1, 0.15) is 34.9 Å². The number of hydrogen-bond acceptors (Lipinski definition) is 3. The number of amides is 1. The second kappa shape index (κ2) is 6.37. The molecule has 2 N–H and O–H groups in total. The number of hydrogen-bond donors (Lipinski definition) is 2. The summed E-state index contributed by atoms with van der Waals surface area (Å²) in [7, 11) is 0. The third-order valence-corrected chi connectivity index (χ3v) is 5.00. The predicted molar refractivity (Wildman–Crippen MR) is 96.0 cm³/mol. The summed E-state index contributed by atoms with van der Waals surface area (Å²) in [5.41, 5.74) is 0.542. The molecule has 1 amide bonds. The van der Waals surface area contributed by atoms with Crippen LogP contribution in [0.15, 0.2) is 41.6 Å². The topological polar surface area (TPSA) is 81.8 Å². The number of carbonyl (C=O) groups is 1. The lowest BCUT2D eigenvalue weighted by Gasteiger charge is -2.31. The minimum Gasteiger partial charge on any atom is -0.360 e. The summed E-state index contributed by atoms with van der Waals surface area (Å²) < 4.78 is 0. The van der Waals surface area contributed by atoms with Crippen LogP contribution in [0.3, 0.4) is 0 Å². The van der Waals surface area contributed by atoms with E-state index in [-0.39, 0.29) is 16.9 Å². The Kier molecular flexibility index (Phi) is 4.05. The Morgan fingerprint density at radius 1 is 1.24 bits per heavy atom. The first-order chi connectivity index (χ1) is 12.1. The van der Waals surface area contributed by atoms with Crippen molar-refractivity contribution in [3.05, 3.63) is 63.4 Å². The number of benzene rings is 1. The van der Waals surface area contributed by atoms with Gasteiger partial charge in [-0.15, -0.1) is 0 Å². The van der Waals surface area contributed by atoms with Crippen molar-refractivity contribution in [1.29, 1.82) is 0 Å². The number of pyridine rings is 1. The number of H-pyrrole nitrogens is 2. The van der Waals surface area contributed by atoms with Gasteiger partial charge < -0.3 is 14.9 Å². The molecular weight excluding hydrogens is 340 g/mol. The van der Waals surface area contributed by atoms with E-state index in [2.05, 4.69) is 15.0 Å². The maximum Gasteiger partial charge on any atom is 0.259 e. The fraction of sp³-hybridized carbons (Fsp3) is 0.278. The van der Waals surface area contributed by atoms with Gasteiger partial charge in [0.15, 0.2) is 0 Å². The van der Waals surface area contributed by atoms with E-state index < -0.39 is 0 Å².